The molecule has 1 saturated heterocycles. The first kappa shape index (κ1) is 21.3. The second-order valence-corrected chi connectivity index (χ2v) is 10.2. The Kier molecular flexibility index (Phi) is 9.00. The topological polar surface area (TPSA) is 61.8 Å². The Hall–Kier alpha value is 0.300. The number of guanidine groups is 1. The largest absolute Gasteiger partial charge is 0.357 e. The highest BCUT2D eigenvalue weighted by atomic mass is 127. The van der Waals surface area contributed by atoms with E-state index in [0.29, 0.717) is 11.3 Å². The summed E-state index contributed by atoms with van der Waals surface area (Å²) in [6, 6.07) is 0. The van der Waals surface area contributed by atoms with Crippen molar-refractivity contribution in [2.45, 2.75) is 43.8 Å². The first-order valence-electron chi connectivity index (χ1n) is 8.29. The number of halogens is 1. The maximum absolute atomic E-state index is 11.3. The number of nitrogens with zero attached hydrogens (tertiary/aromatic N) is 2. The number of rotatable bonds is 4. The SMILES string of the molecule is CCNC(=NCCS(C)(=O)=O)N1CCSC2(CCCCC2)C1.I. The molecule has 2 rings (SSSR count). The maximum Gasteiger partial charge on any atom is 0.194 e. The Morgan fingerprint density at radius 1 is 1.30 bits per heavy atom. The fourth-order valence-corrected chi connectivity index (χ4v) is 5.26. The standard InChI is InChI=1S/C15H29N3O2S2.HI/c1-3-16-14(17-9-12-22(2,19)20)18-10-11-21-15(13-18)7-5-4-6-8-15;/h3-13H2,1-2H3,(H,16,17);1H. The van der Waals surface area contributed by atoms with Crippen LogP contribution in [0.5, 0.6) is 0 Å². The van der Waals surface area contributed by atoms with Gasteiger partial charge in [0.1, 0.15) is 9.84 Å². The Balaban J connectivity index is 0.00000264. The molecule has 136 valence electrons. The molecule has 1 aliphatic heterocycles. The number of nitrogens with one attached hydrogen (secondary N) is 1. The number of aliphatic imine (C=N–C) groups is 1. The average molecular weight is 475 g/mol. The molecule has 23 heavy (non-hydrogen) atoms. The van der Waals surface area contributed by atoms with E-state index in [0.717, 1.165) is 31.3 Å². The summed E-state index contributed by atoms with van der Waals surface area (Å²) < 4.78 is 23.0. The van der Waals surface area contributed by atoms with Crippen LogP contribution in [0.1, 0.15) is 39.0 Å². The second-order valence-electron chi connectivity index (χ2n) is 6.38. The summed E-state index contributed by atoms with van der Waals surface area (Å²) in [5.74, 6) is 2.14. The third-order valence-corrected chi connectivity index (χ3v) is 6.83. The van der Waals surface area contributed by atoms with E-state index >= 15 is 0 Å². The van der Waals surface area contributed by atoms with Gasteiger partial charge in [0.25, 0.3) is 0 Å². The molecule has 2 fully saturated rings. The quantitative estimate of drug-likeness (QED) is 0.385. The van der Waals surface area contributed by atoms with Gasteiger partial charge in [-0.15, -0.1) is 24.0 Å². The maximum atomic E-state index is 11.3. The lowest BCUT2D eigenvalue weighted by atomic mass is 9.87. The lowest BCUT2D eigenvalue weighted by molar-refractivity contribution is 0.293. The van der Waals surface area contributed by atoms with Gasteiger partial charge in [0.15, 0.2) is 5.96 Å². The van der Waals surface area contributed by atoms with Crippen molar-refractivity contribution in [1.29, 1.82) is 0 Å². The zero-order chi connectivity index (χ0) is 16.1. The first-order chi connectivity index (χ1) is 10.4. The van der Waals surface area contributed by atoms with Crippen molar-refractivity contribution in [2.24, 2.45) is 4.99 Å². The summed E-state index contributed by atoms with van der Waals surface area (Å²) in [5.41, 5.74) is 0. The molecule has 1 aliphatic carbocycles. The van der Waals surface area contributed by atoms with E-state index in [9.17, 15) is 8.42 Å². The van der Waals surface area contributed by atoms with Crippen LogP contribution in [0.4, 0.5) is 0 Å². The molecule has 0 aromatic heterocycles. The summed E-state index contributed by atoms with van der Waals surface area (Å²) in [5, 5.41) is 3.33. The van der Waals surface area contributed by atoms with E-state index in [1.54, 1.807) is 0 Å². The molecule has 5 nitrogen and oxygen atoms in total. The summed E-state index contributed by atoms with van der Waals surface area (Å²) >= 11 is 2.13. The lowest BCUT2D eigenvalue weighted by Crippen LogP contribution is -2.53. The molecular weight excluding hydrogens is 445 g/mol. The molecule has 0 amide bonds. The van der Waals surface area contributed by atoms with E-state index in [1.807, 2.05) is 0 Å². The van der Waals surface area contributed by atoms with Gasteiger partial charge in [0, 0.05) is 36.4 Å². The van der Waals surface area contributed by atoms with E-state index in [2.05, 4.69) is 33.9 Å². The molecule has 0 aromatic carbocycles. The minimum atomic E-state index is -2.95. The van der Waals surface area contributed by atoms with Gasteiger partial charge in [-0.3, -0.25) is 4.99 Å². The van der Waals surface area contributed by atoms with Crippen LogP contribution in [0.3, 0.4) is 0 Å². The fraction of sp³-hybridized carbons (Fsp3) is 0.933. The van der Waals surface area contributed by atoms with Gasteiger partial charge in [-0.1, -0.05) is 19.3 Å². The van der Waals surface area contributed by atoms with Crippen molar-refractivity contribution in [2.75, 3.05) is 43.9 Å². The van der Waals surface area contributed by atoms with Crippen LogP contribution in [0.15, 0.2) is 4.99 Å². The van der Waals surface area contributed by atoms with Crippen LogP contribution < -0.4 is 5.32 Å². The number of sulfone groups is 1. The number of hydrogen-bond donors (Lipinski definition) is 1. The van der Waals surface area contributed by atoms with Crippen molar-refractivity contribution in [3.05, 3.63) is 0 Å². The smallest absolute Gasteiger partial charge is 0.194 e. The molecule has 0 radical (unpaired) electrons. The molecule has 1 saturated carbocycles. The van der Waals surface area contributed by atoms with Crippen molar-refractivity contribution in [1.82, 2.24) is 10.2 Å². The summed E-state index contributed by atoms with van der Waals surface area (Å²) in [4.78, 5) is 6.88. The Bertz CT molecular complexity index is 485. The molecule has 1 spiro atoms. The summed E-state index contributed by atoms with van der Waals surface area (Å²) in [7, 11) is -2.95. The van der Waals surface area contributed by atoms with Gasteiger partial charge in [0.2, 0.25) is 0 Å². The molecular formula is C15H30IN3O2S2. The first-order valence-corrected chi connectivity index (χ1v) is 11.3. The number of hydrogen-bond acceptors (Lipinski definition) is 4. The predicted molar refractivity (Wildman–Crippen MR) is 111 cm³/mol. The highest BCUT2D eigenvalue weighted by Gasteiger charge is 2.38. The van der Waals surface area contributed by atoms with Crippen LogP contribution in [0.2, 0.25) is 0 Å². The van der Waals surface area contributed by atoms with Crippen molar-refractivity contribution in [3.8, 4) is 0 Å². The van der Waals surface area contributed by atoms with E-state index in [4.69, 9.17) is 0 Å². The second kappa shape index (κ2) is 9.70. The van der Waals surface area contributed by atoms with Gasteiger partial charge in [-0.25, -0.2) is 8.42 Å². The average Bonchev–Trinajstić information content (AvgIpc) is 2.46. The normalized spacial score (nSPS) is 21.8. The van der Waals surface area contributed by atoms with Gasteiger partial charge < -0.3 is 10.2 Å². The monoisotopic (exact) mass is 475 g/mol. The summed E-state index contributed by atoms with van der Waals surface area (Å²) in [6.45, 7) is 5.26. The van der Waals surface area contributed by atoms with Crippen LogP contribution in [0, 0.1) is 0 Å². The molecule has 8 heteroatoms. The highest BCUT2D eigenvalue weighted by Crippen LogP contribution is 2.42. The third-order valence-electron chi connectivity index (χ3n) is 4.37. The van der Waals surface area contributed by atoms with Crippen molar-refractivity contribution in [3.63, 3.8) is 0 Å². The molecule has 0 bridgehead atoms. The molecule has 1 N–H and O–H groups in total. The molecule has 1 heterocycles. The van der Waals surface area contributed by atoms with Crippen molar-refractivity contribution < 1.29 is 8.42 Å². The van der Waals surface area contributed by atoms with Crippen LogP contribution in [0.25, 0.3) is 0 Å². The molecule has 0 atom stereocenters. The molecule has 0 unspecified atom stereocenters. The Morgan fingerprint density at radius 3 is 2.61 bits per heavy atom. The lowest BCUT2D eigenvalue weighted by Gasteiger charge is -2.45. The molecule has 2 aliphatic rings. The van der Waals surface area contributed by atoms with E-state index in [-0.39, 0.29) is 29.7 Å². The fourth-order valence-electron chi connectivity index (χ4n) is 3.27. The van der Waals surface area contributed by atoms with Gasteiger partial charge in [0.05, 0.1) is 12.3 Å². The molecule has 0 aromatic rings. The Labute approximate surface area is 162 Å². The van der Waals surface area contributed by atoms with Gasteiger partial charge >= 0.3 is 0 Å². The minimum Gasteiger partial charge on any atom is -0.357 e. The summed E-state index contributed by atoms with van der Waals surface area (Å²) in [6.07, 6.45) is 7.91. The minimum absolute atomic E-state index is 0. The van der Waals surface area contributed by atoms with Crippen LogP contribution >= 0.6 is 35.7 Å². The predicted octanol–water partition coefficient (Wildman–Crippen LogP) is 2.37. The van der Waals surface area contributed by atoms with Crippen LogP contribution in [-0.4, -0.2) is 68.0 Å². The van der Waals surface area contributed by atoms with Crippen molar-refractivity contribution >= 4 is 51.5 Å². The van der Waals surface area contributed by atoms with Gasteiger partial charge in [-0.2, -0.15) is 11.8 Å². The Morgan fingerprint density at radius 2 is 2.00 bits per heavy atom. The van der Waals surface area contributed by atoms with E-state index in [1.165, 1.54) is 38.4 Å². The highest BCUT2D eigenvalue weighted by molar-refractivity contribution is 14.0. The third kappa shape index (κ3) is 6.97. The van der Waals surface area contributed by atoms with Crippen LogP contribution in [-0.2, 0) is 9.84 Å². The van der Waals surface area contributed by atoms with E-state index < -0.39 is 9.84 Å². The zero-order valence-corrected chi connectivity index (χ0v) is 18.2. The number of thioether (sulfide) groups is 1. The zero-order valence-electron chi connectivity index (χ0n) is 14.2. The van der Waals surface area contributed by atoms with Gasteiger partial charge in [-0.05, 0) is 19.8 Å².